The topological polar surface area (TPSA) is 40.5 Å². The van der Waals surface area contributed by atoms with E-state index in [2.05, 4.69) is 0 Å². The van der Waals surface area contributed by atoms with Gasteiger partial charge >= 0.3 is 0 Å². The summed E-state index contributed by atoms with van der Waals surface area (Å²) in [6.45, 7) is 0. The third-order valence-electron chi connectivity index (χ3n) is 3.55. The minimum atomic E-state index is -0.477. The summed E-state index contributed by atoms with van der Waals surface area (Å²) < 4.78 is 0. The molecule has 0 bridgehead atoms. The Kier molecular flexibility index (Phi) is 3.79. The molecule has 3 nitrogen and oxygen atoms in total. The van der Waals surface area contributed by atoms with Gasteiger partial charge in [0.2, 0.25) is 5.91 Å². The van der Waals surface area contributed by atoms with Crippen LogP contribution in [0.3, 0.4) is 0 Å². The molecule has 0 radical (unpaired) electrons. The first-order valence-electron chi connectivity index (χ1n) is 6.17. The molecule has 2 unspecified atom stereocenters. The highest BCUT2D eigenvalue weighted by atomic mass is 16.3. The Morgan fingerprint density at radius 1 is 1.41 bits per heavy atom. The molecule has 1 amide bonds. The zero-order valence-electron chi connectivity index (χ0n) is 10.2. The van der Waals surface area contributed by atoms with Crippen molar-refractivity contribution in [1.82, 2.24) is 4.90 Å². The summed E-state index contributed by atoms with van der Waals surface area (Å²) in [6.07, 6.45) is 2.73. The predicted molar refractivity (Wildman–Crippen MR) is 66.4 cm³/mol. The van der Waals surface area contributed by atoms with Gasteiger partial charge in [0.1, 0.15) is 0 Å². The second kappa shape index (κ2) is 5.32. The summed E-state index contributed by atoms with van der Waals surface area (Å²) in [4.78, 5) is 13.4. The largest absolute Gasteiger partial charge is 0.388 e. The van der Waals surface area contributed by atoms with E-state index in [0.717, 1.165) is 18.4 Å². The van der Waals surface area contributed by atoms with Crippen LogP contribution >= 0.6 is 0 Å². The lowest BCUT2D eigenvalue weighted by molar-refractivity contribution is -0.135. The standard InChI is InChI=1S/C14H19NO2/c1-15-12(8-5-9-14(15)17)10-13(16)11-6-3-2-4-7-11/h2-4,6-7,12-13,16H,5,8-10H2,1H3. The third kappa shape index (κ3) is 2.86. The minimum absolute atomic E-state index is 0.173. The highest BCUT2D eigenvalue weighted by Crippen LogP contribution is 2.26. The van der Waals surface area contributed by atoms with Crippen LogP contribution in [0.5, 0.6) is 0 Å². The number of benzene rings is 1. The van der Waals surface area contributed by atoms with Crippen molar-refractivity contribution < 1.29 is 9.90 Å². The molecular weight excluding hydrogens is 214 g/mol. The lowest BCUT2D eigenvalue weighted by atomic mass is 9.94. The summed E-state index contributed by atoms with van der Waals surface area (Å²) in [5.41, 5.74) is 0.930. The van der Waals surface area contributed by atoms with Crippen molar-refractivity contribution in [2.45, 2.75) is 37.8 Å². The fourth-order valence-electron chi connectivity index (χ4n) is 2.41. The van der Waals surface area contributed by atoms with Gasteiger partial charge in [-0.25, -0.2) is 0 Å². The van der Waals surface area contributed by atoms with Gasteiger partial charge in [-0.3, -0.25) is 4.79 Å². The number of carbonyl (C=O) groups excluding carboxylic acids is 1. The Hall–Kier alpha value is -1.35. The summed E-state index contributed by atoms with van der Waals surface area (Å²) in [5, 5.41) is 10.1. The van der Waals surface area contributed by atoms with E-state index in [-0.39, 0.29) is 11.9 Å². The van der Waals surface area contributed by atoms with E-state index in [1.165, 1.54) is 0 Å². The molecule has 1 saturated heterocycles. The number of aliphatic hydroxyl groups excluding tert-OH is 1. The number of rotatable bonds is 3. The van der Waals surface area contributed by atoms with Crippen LogP contribution in [0, 0.1) is 0 Å². The molecule has 17 heavy (non-hydrogen) atoms. The fourth-order valence-corrected chi connectivity index (χ4v) is 2.41. The number of likely N-dealkylation sites (tertiary alicyclic amines) is 1. The molecule has 0 aromatic heterocycles. The first kappa shape index (κ1) is 12.1. The molecule has 2 atom stereocenters. The van der Waals surface area contributed by atoms with Crippen LogP contribution in [0.1, 0.15) is 37.4 Å². The molecule has 92 valence electrons. The molecule has 2 rings (SSSR count). The van der Waals surface area contributed by atoms with Crippen molar-refractivity contribution in [3.8, 4) is 0 Å². The Labute approximate surface area is 102 Å². The molecule has 0 spiro atoms. The smallest absolute Gasteiger partial charge is 0.222 e. The van der Waals surface area contributed by atoms with Crippen LogP contribution in [0.15, 0.2) is 30.3 Å². The van der Waals surface area contributed by atoms with Gasteiger partial charge in [0.25, 0.3) is 0 Å². The molecular formula is C14H19NO2. The van der Waals surface area contributed by atoms with Crippen LogP contribution in [0.4, 0.5) is 0 Å². The van der Waals surface area contributed by atoms with E-state index in [1.54, 1.807) is 4.90 Å². The van der Waals surface area contributed by atoms with Crippen LogP contribution in [-0.4, -0.2) is 29.0 Å². The molecule has 1 fully saturated rings. The second-order valence-electron chi connectivity index (χ2n) is 4.71. The highest BCUT2D eigenvalue weighted by Gasteiger charge is 2.26. The zero-order chi connectivity index (χ0) is 12.3. The van der Waals surface area contributed by atoms with Gasteiger partial charge in [-0.05, 0) is 24.8 Å². The van der Waals surface area contributed by atoms with Crippen LogP contribution in [0.25, 0.3) is 0 Å². The van der Waals surface area contributed by atoms with Gasteiger partial charge in [-0.15, -0.1) is 0 Å². The average molecular weight is 233 g/mol. The SMILES string of the molecule is CN1C(=O)CCCC1CC(O)c1ccccc1. The van der Waals surface area contributed by atoms with Gasteiger partial charge in [-0.1, -0.05) is 30.3 Å². The van der Waals surface area contributed by atoms with E-state index in [4.69, 9.17) is 0 Å². The van der Waals surface area contributed by atoms with Crippen LogP contribution in [0.2, 0.25) is 0 Å². The van der Waals surface area contributed by atoms with Crippen molar-refractivity contribution in [1.29, 1.82) is 0 Å². The van der Waals surface area contributed by atoms with Gasteiger partial charge in [0.05, 0.1) is 6.10 Å². The predicted octanol–water partition coefficient (Wildman–Crippen LogP) is 2.12. The number of hydrogen-bond donors (Lipinski definition) is 1. The van der Waals surface area contributed by atoms with E-state index in [0.29, 0.717) is 12.8 Å². The minimum Gasteiger partial charge on any atom is -0.388 e. The Bertz CT molecular complexity index is 377. The lowest BCUT2D eigenvalue weighted by Crippen LogP contribution is -2.41. The summed E-state index contributed by atoms with van der Waals surface area (Å²) in [7, 11) is 1.84. The molecule has 0 aliphatic carbocycles. The first-order valence-corrected chi connectivity index (χ1v) is 6.17. The number of nitrogens with zero attached hydrogens (tertiary/aromatic N) is 1. The second-order valence-corrected chi connectivity index (χ2v) is 4.71. The van der Waals surface area contributed by atoms with Crippen molar-refractivity contribution in [3.05, 3.63) is 35.9 Å². The summed E-state index contributed by atoms with van der Waals surface area (Å²) >= 11 is 0. The van der Waals surface area contributed by atoms with Crippen molar-refractivity contribution in [3.63, 3.8) is 0 Å². The quantitative estimate of drug-likeness (QED) is 0.868. The molecule has 1 aliphatic rings. The van der Waals surface area contributed by atoms with E-state index in [1.807, 2.05) is 37.4 Å². The van der Waals surface area contributed by atoms with Gasteiger partial charge in [0.15, 0.2) is 0 Å². The molecule has 1 aromatic carbocycles. The van der Waals surface area contributed by atoms with Crippen molar-refractivity contribution in [2.24, 2.45) is 0 Å². The van der Waals surface area contributed by atoms with Gasteiger partial charge in [0, 0.05) is 19.5 Å². The lowest BCUT2D eigenvalue weighted by Gasteiger charge is -2.33. The van der Waals surface area contributed by atoms with Crippen LogP contribution < -0.4 is 0 Å². The van der Waals surface area contributed by atoms with Crippen molar-refractivity contribution in [2.75, 3.05) is 7.05 Å². The third-order valence-corrected chi connectivity index (χ3v) is 3.55. The monoisotopic (exact) mass is 233 g/mol. The first-order chi connectivity index (χ1) is 8.18. The molecule has 3 heteroatoms. The Morgan fingerprint density at radius 2 is 2.12 bits per heavy atom. The molecule has 1 heterocycles. The zero-order valence-corrected chi connectivity index (χ0v) is 10.2. The number of amides is 1. The maximum absolute atomic E-state index is 11.6. The molecule has 1 aliphatic heterocycles. The van der Waals surface area contributed by atoms with E-state index < -0.39 is 6.10 Å². The van der Waals surface area contributed by atoms with Crippen molar-refractivity contribution >= 4 is 5.91 Å². The summed E-state index contributed by atoms with van der Waals surface area (Å²) in [5.74, 6) is 0.196. The highest BCUT2D eigenvalue weighted by molar-refractivity contribution is 5.76. The number of hydrogen-bond acceptors (Lipinski definition) is 2. The van der Waals surface area contributed by atoms with Gasteiger partial charge in [-0.2, -0.15) is 0 Å². The number of carbonyl (C=O) groups is 1. The fraction of sp³-hybridized carbons (Fsp3) is 0.500. The summed E-state index contributed by atoms with van der Waals surface area (Å²) in [6, 6.07) is 9.81. The number of piperidine rings is 1. The molecule has 1 N–H and O–H groups in total. The number of aliphatic hydroxyl groups is 1. The maximum Gasteiger partial charge on any atom is 0.222 e. The normalized spacial score (nSPS) is 22.6. The maximum atomic E-state index is 11.6. The molecule has 0 saturated carbocycles. The Morgan fingerprint density at radius 3 is 2.82 bits per heavy atom. The Balaban J connectivity index is 1.99. The average Bonchev–Trinajstić information content (AvgIpc) is 2.36. The van der Waals surface area contributed by atoms with E-state index >= 15 is 0 Å². The van der Waals surface area contributed by atoms with E-state index in [9.17, 15) is 9.90 Å². The molecule has 1 aromatic rings. The van der Waals surface area contributed by atoms with Crippen LogP contribution in [-0.2, 0) is 4.79 Å². The van der Waals surface area contributed by atoms with Gasteiger partial charge < -0.3 is 10.0 Å².